The first-order valence-corrected chi connectivity index (χ1v) is 5.12. The maximum absolute atomic E-state index is 12.4. The number of aromatic nitrogens is 2. The number of hydrogen-bond acceptors (Lipinski definition) is 4. The third kappa shape index (κ3) is 5.27. The lowest BCUT2D eigenvalue weighted by atomic mass is 10.4. The van der Waals surface area contributed by atoms with Crippen LogP contribution >= 0.6 is 0 Å². The molecule has 0 aliphatic rings. The molecule has 0 saturated carbocycles. The van der Waals surface area contributed by atoms with Crippen LogP contribution in [0.1, 0.15) is 19.8 Å². The Hall–Kier alpha value is -1.23. The number of ether oxygens (including phenoxy) is 1. The second-order valence-electron chi connectivity index (χ2n) is 3.12. The van der Waals surface area contributed by atoms with Gasteiger partial charge in [0.25, 0.3) is 0 Å². The zero-order valence-corrected chi connectivity index (χ0v) is 8.87. The Morgan fingerprint density at radius 1 is 1.33 bits per heavy atom. The number of nitrogens with one attached hydrogen (secondary N) is 1. The summed E-state index contributed by atoms with van der Waals surface area (Å²) < 4.78 is 17.8. The second kappa shape index (κ2) is 7.11. The Morgan fingerprint density at radius 2 is 2.07 bits per heavy atom. The highest BCUT2D eigenvalue weighted by atomic mass is 19.1. The molecule has 4 nitrogen and oxygen atoms in total. The summed E-state index contributed by atoms with van der Waals surface area (Å²) in [6.45, 7) is 4.15. The van der Waals surface area contributed by atoms with Crippen molar-refractivity contribution >= 4 is 5.95 Å². The van der Waals surface area contributed by atoms with Crippen molar-refractivity contribution < 1.29 is 9.13 Å². The Kier molecular flexibility index (Phi) is 5.62. The molecular weight excluding hydrogens is 197 g/mol. The quantitative estimate of drug-likeness (QED) is 0.702. The third-order valence-corrected chi connectivity index (χ3v) is 1.79. The van der Waals surface area contributed by atoms with Gasteiger partial charge in [0.15, 0.2) is 5.82 Å². The largest absolute Gasteiger partial charge is 0.380 e. The minimum absolute atomic E-state index is 0.426. The maximum atomic E-state index is 12.4. The fourth-order valence-corrected chi connectivity index (χ4v) is 0.987. The molecule has 0 radical (unpaired) electrons. The van der Waals surface area contributed by atoms with E-state index >= 15 is 0 Å². The first kappa shape index (κ1) is 11.8. The molecule has 1 aromatic rings. The molecule has 5 heteroatoms. The van der Waals surface area contributed by atoms with Crippen LogP contribution < -0.4 is 5.32 Å². The highest BCUT2D eigenvalue weighted by Crippen LogP contribution is 1.97. The third-order valence-electron chi connectivity index (χ3n) is 1.79. The van der Waals surface area contributed by atoms with Crippen LogP contribution in [0.2, 0.25) is 0 Å². The first-order valence-electron chi connectivity index (χ1n) is 5.12. The Bertz CT molecular complexity index is 266. The van der Waals surface area contributed by atoms with Crippen LogP contribution in [0, 0.1) is 5.82 Å². The second-order valence-corrected chi connectivity index (χ2v) is 3.12. The van der Waals surface area contributed by atoms with Crippen molar-refractivity contribution in [3.8, 4) is 0 Å². The first-order chi connectivity index (χ1) is 7.33. The van der Waals surface area contributed by atoms with Crippen LogP contribution in [0.25, 0.3) is 0 Å². The highest BCUT2D eigenvalue weighted by Gasteiger charge is 1.95. The molecule has 15 heavy (non-hydrogen) atoms. The maximum Gasteiger partial charge on any atom is 0.222 e. The van der Waals surface area contributed by atoms with E-state index in [0.29, 0.717) is 19.1 Å². The molecule has 0 aliphatic carbocycles. The van der Waals surface area contributed by atoms with Crippen molar-refractivity contribution in [2.75, 3.05) is 25.1 Å². The Labute approximate surface area is 88.9 Å². The van der Waals surface area contributed by atoms with Crippen molar-refractivity contribution in [3.63, 3.8) is 0 Å². The fraction of sp³-hybridized carbons (Fsp3) is 0.600. The predicted molar refractivity (Wildman–Crippen MR) is 56.2 cm³/mol. The number of nitrogens with zero attached hydrogens (tertiary/aromatic N) is 2. The Balaban J connectivity index is 2.07. The SMILES string of the molecule is CCCCOCCNc1ncc(F)cn1. The monoisotopic (exact) mass is 213 g/mol. The van der Waals surface area contributed by atoms with Gasteiger partial charge in [-0.2, -0.15) is 0 Å². The number of rotatable bonds is 7. The zero-order valence-electron chi connectivity index (χ0n) is 8.87. The van der Waals surface area contributed by atoms with Gasteiger partial charge >= 0.3 is 0 Å². The van der Waals surface area contributed by atoms with Gasteiger partial charge in [0, 0.05) is 13.2 Å². The van der Waals surface area contributed by atoms with Gasteiger partial charge in [-0.3, -0.25) is 0 Å². The topological polar surface area (TPSA) is 47.0 Å². The van der Waals surface area contributed by atoms with E-state index in [-0.39, 0.29) is 0 Å². The summed E-state index contributed by atoms with van der Waals surface area (Å²) in [7, 11) is 0. The summed E-state index contributed by atoms with van der Waals surface area (Å²) in [5, 5.41) is 2.93. The van der Waals surface area contributed by atoms with Gasteiger partial charge in [0.1, 0.15) is 0 Å². The minimum atomic E-state index is -0.431. The van der Waals surface area contributed by atoms with Gasteiger partial charge in [-0.25, -0.2) is 14.4 Å². The van der Waals surface area contributed by atoms with E-state index in [9.17, 15) is 4.39 Å². The normalized spacial score (nSPS) is 10.3. The van der Waals surface area contributed by atoms with Crippen LogP contribution in [-0.2, 0) is 4.74 Å². The van der Waals surface area contributed by atoms with E-state index in [1.54, 1.807) is 0 Å². The standard InChI is InChI=1S/C10H16FN3O/c1-2-3-5-15-6-4-12-10-13-7-9(11)8-14-10/h7-8H,2-6H2,1H3,(H,12,13,14). The zero-order chi connectivity index (χ0) is 10.9. The number of hydrogen-bond donors (Lipinski definition) is 1. The van der Waals surface area contributed by atoms with Gasteiger partial charge in [-0.1, -0.05) is 13.3 Å². The number of anilines is 1. The molecule has 0 aliphatic heterocycles. The summed E-state index contributed by atoms with van der Waals surface area (Å²) in [5.41, 5.74) is 0. The van der Waals surface area contributed by atoms with E-state index in [0.717, 1.165) is 31.8 Å². The van der Waals surface area contributed by atoms with Crippen molar-refractivity contribution in [3.05, 3.63) is 18.2 Å². The number of unbranched alkanes of at least 4 members (excludes halogenated alkanes) is 1. The van der Waals surface area contributed by atoms with Crippen LogP contribution in [0.5, 0.6) is 0 Å². The summed E-state index contributed by atoms with van der Waals surface area (Å²) >= 11 is 0. The highest BCUT2D eigenvalue weighted by molar-refractivity contribution is 5.21. The molecule has 84 valence electrons. The van der Waals surface area contributed by atoms with Crippen molar-refractivity contribution in [2.24, 2.45) is 0 Å². The van der Waals surface area contributed by atoms with Gasteiger partial charge in [-0.05, 0) is 6.42 Å². The van der Waals surface area contributed by atoms with E-state index in [4.69, 9.17) is 4.74 Å². The van der Waals surface area contributed by atoms with Gasteiger partial charge in [0.05, 0.1) is 19.0 Å². The van der Waals surface area contributed by atoms with E-state index in [1.807, 2.05) is 0 Å². The molecule has 0 atom stereocenters. The van der Waals surface area contributed by atoms with Crippen LogP contribution in [-0.4, -0.2) is 29.7 Å². The molecule has 0 unspecified atom stereocenters. The van der Waals surface area contributed by atoms with Crippen LogP contribution in [0.3, 0.4) is 0 Å². The summed E-state index contributed by atoms with van der Waals surface area (Å²) in [6.07, 6.45) is 4.47. The molecule has 0 saturated heterocycles. The number of halogens is 1. The Morgan fingerprint density at radius 3 is 2.73 bits per heavy atom. The molecule has 1 heterocycles. The molecule has 0 amide bonds. The molecular formula is C10H16FN3O. The fourth-order valence-electron chi connectivity index (χ4n) is 0.987. The van der Waals surface area contributed by atoms with E-state index in [2.05, 4.69) is 22.2 Å². The predicted octanol–water partition coefficient (Wildman–Crippen LogP) is 1.84. The summed E-state index contributed by atoms with van der Waals surface area (Å²) in [6, 6.07) is 0. The van der Waals surface area contributed by atoms with Crippen molar-refractivity contribution in [1.82, 2.24) is 9.97 Å². The van der Waals surface area contributed by atoms with Crippen molar-refractivity contribution in [2.45, 2.75) is 19.8 Å². The minimum Gasteiger partial charge on any atom is -0.380 e. The van der Waals surface area contributed by atoms with Gasteiger partial charge < -0.3 is 10.1 Å². The van der Waals surface area contributed by atoms with Crippen LogP contribution in [0.15, 0.2) is 12.4 Å². The van der Waals surface area contributed by atoms with Crippen LogP contribution in [0.4, 0.5) is 10.3 Å². The molecule has 0 fully saturated rings. The lowest BCUT2D eigenvalue weighted by molar-refractivity contribution is 0.141. The van der Waals surface area contributed by atoms with Crippen molar-refractivity contribution in [1.29, 1.82) is 0 Å². The lowest BCUT2D eigenvalue weighted by Gasteiger charge is -2.04. The van der Waals surface area contributed by atoms with E-state index in [1.165, 1.54) is 0 Å². The molecule has 1 aromatic heterocycles. The lowest BCUT2D eigenvalue weighted by Crippen LogP contribution is -2.11. The molecule has 0 bridgehead atoms. The van der Waals surface area contributed by atoms with Gasteiger partial charge in [0.2, 0.25) is 5.95 Å². The molecule has 1 N–H and O–H groups in total. The summed E-state index contributed by atoms with van der Waals surface area (Å²) in [5.74, 6) is -0.00441. The van der Waals surface area contributed by atoms with Gasteiger partial charge in [-0.15, -0.1) is 0 Å². The molecule has 0 spiro atoms. The average molecular weight is 213 g/mol. The molecule has 1 rings (SSSR count). The van der Waals surface area contributed by atoms with E-state index < -0.39 is 5.82 Å². The molecule has 0 aromatic carbocycles. The smallest absolute Gasteiger partial charge is 0.222 e. The summed E-state index contributed by atoms with van der Waals surface area (Å²) in [4.78, 5) is 7.52. The average Bonchev–Trinajstić information content (AvgIpc) is 2.26.